The third-order valence-corrected chi connectivity index (χ3v) is 6.76. The first-order chi connectivity index (χ1) is 22.1. The van der Waals surface area contributed by atoms with Crippen LogP contribution in [-0.4, -0.2) is 71.1 Å². The van der Waals surface area contributed by atoms with Crippen molar-refractivity contribution in [3.05, 3.63) is 104 Å². The maximum Gasteiger partial charge on any atom is 0.351 e. The van der Waals surface area contributed by atoms with E-state index in [0.29, 0.717) is 4.57 Å². The summed E-state index contributed by atoms with van der Waals surface area (Å²) >= 11 is 5.95. The summed E-state index contributed by atoms with van der Waals surface area (Å²) in [5.74, 6) is -2.82. The Hall–Kier alpha value is -5.51. The minimum atomic E-state index is -2.49. The lowest BCUT2D eigenvalue weighted by molar-refractivity contribution is -0.130. The fourth-order valence-electron chi connectivity index (χ4n) is 4.48. The third-order valence-electron chi connectivity index (χ3n) is 6.53. The van der Waals surface area contributed by atoms with Gasteiger partial charge in [0, 0.05) is 22.6 Å². The fourth-order valence-corrected chi connectivity index (χ4v) is 4.67. The van der Waals surface area contributed by atoms with Crippen LogP contribution in [-0.2, 0) is 28.5 Å². The first kappa shape index (κ1) is 33.4. The van der Waals surface area contributed by atoms with E-state index in [0.717, 1.165) is 6.20 Å². The number of rotatable bonds is 14. The molecule has 0 radical (unpaired) electrons. The zero-order chi connectivity index (χ0) is 33.3. The lowest BCUT2D eigenvalue weighted by atomic mass is 10.1. The number of nitrogens with two attached hydrogens (primary N) is 1. The van der Waals surface area contributed by atoms with E-state index >= 15 is 4.39 Å². The summed E-state index contributed by atoms with van der Waals surface area (Å²) in [4.78, 5) is 67.3. The van der Waals surface area contributed by atoms with Crippen molar-refractivity contribution in [2.45, 2.75) is 36.7 Å². The number of nitrogens with one attached hydrogen (secondary N) is 1. The van der Waals surface area contributed by atoms with Crippen LogP contribution in [0.5, 0.6) is 0 Å². The number of esters is 2. The molecule has 18 heteroatoms. The van der Waals surface area contributed by atoms with Gasteiger partial charge in [0.25, 0.3) is 6.47 Å². The minimum absolute atomic E-state index is 0.00412. The average Bonchev–Trinajstić information content (AvgIpc) is 3.29. The lowest BCUT2D eigenvalue weighted by Gasteiger charge is -2.28. The number of hydrogen-bond acceptors (Lipinski definition) is 12. The molecule has 3 aromatic rings. The zero-order valence-electron chi connectivity index (χ0n) is 23.6. The summed E-state index contributed by atoms with van der Waals surface area (Å²) in [5.41, 5.74) is 11.1. The summed E-state index contributed by atoms with van der Waals surface area (Å²) < 4.78 is 38.1. The smallest absolute Gasteiger partial charge is 0.351 e. The van der Waals surface area contributed by atoms with E-state index in [-0.39, 0.29) is 41.5 Å². The van der Waals surface area contributed by atoms with Crippen LogP contribution >= 0.6 is 11.6 Å². The molecule has 1 aromatic heterocycles. The van der Waals surface area contributed by atoms with Gasteiger partial charge in [0.2, 0.25) is 11.6 Å². The number of carbonyl (C=O) groups is 4. The van der Waals surface area contributed by atoms with Gasteiger partial charge in [-0.3, -0.25) is 14.2 Å². The van der Waals surface area contributed by atoms with Gasteiger partial charge in [-0.05, 0) is 41.9 Å². The Morgan fingerprint density at radius 1 is 1.20 bits per heavy atom. The molecular weight excluding hydrogens is 633 g/mol. The van der Waals surface area contributed by atoms with Gasteiger partial charge >= 0.3 is 17.6 Å². The normalized spacial score (nSPS) is 20.9. The fraction of sp³-hybridized carbons (Fsp3) is 0.286. The standard InChI is InChI=1S/C28H25ClFN7O9/c29-18-8-4-7-17(11-18)25(40)44-14-28(35-36-32)23(45-26(41)16-5-2-1-3-6-16)22(30)24(46-28)37-10-9-21(34-27(37)42)33-19(12-20(31)39)13-43-15-38/h1-11,15,19,22-24H,12-14H2,(H2,31,39)(H,33,34,42)/t19-,22-,23?,24?,28+/m0/s1. The molecule has 5 atom stereocenters. The Kier molecular flexibility index (Phi) is 10.9. The molecule has 2 unspecified atom stereocenters. The number of hydrogen-bond donors (Lipinski definition) is 2. The maximum atomic E-state index is 16.3. The third kappa shape index (κ3) is 7.95. The van der Waals surface area contributed by atoms with Crippen molar-refractivity contribution in [1.29, 1.82) is 0 Å². The Bertz CT molecular complexity index is 1710. The molecule has 1 saturated heterocycles. The Labute approximate surface area is 263 Å². The van der Waals surface area contributed by atoms with Gasteiger partial charge in [0.05, 0.1) is 17.2 Å². The Morgan fingerprint density at radius 2 is 1.93 bits per heavy atom. The number of halogens is 2. The monoisotopic (exact) mass is 657 g/mol. The average molecular weight is 658 g/mol. The minimum Gasteiger partial charge on any atom is -0.466 e. The Balaban J connectivity index is 1.66. The molecule has 0 spiro atoms. The number of amides is 1. The summed E-state index contributed by atoms with van der Waals surface area (Å²) in [6, 6.07) is 13.5. The summed E-state index contributed by atoms with van der Waals surface area (Å²) in [6.45, 7) is -1.07. The molecule has 1 aliphatic heterocycles. The molecule has 2 heterocycles. The van der Waals surface area contributed by atoms with Crippen molar-refractivity contribution >= 4 is 41.7 Å². The highest BCUT2D eigenvalue weighted by Crippen LogP contribution is 2.42. The molecule has 1 fully saturated rings. The van der Waals surface area contributed by atoms with E-state index in [9.17, 15) is 29.5 Å². The SMILES string of the molecule is [N-]=[N+]=N[C@]1(COC(=O)c2cccc(Cl)c2)OC(n2ccc(N[C@H](COC=O)CC(N)=O)nc2=O)[C@@H](F)C1OC(=O)c1ccccc1. The van der Waals surface area contributed by atoms with Gasteiger partial charge in [-0.25, -0.2) is 18.8 Å². The maximum absolute atomic E-state index is 16.3. The van der Waals surface area contributed by atoms with Crippen LogP contribution in [0.15, 0.2) is 76.8 Å². The van der Waals surface area contributed by atoms with E-state index in [1.54, 1.807) is 6.07 Å². The van der Waals surface area contributed by atoms with Crippen molar-refractivity contribution in [1.82, 2.24) is 9.55 Å². The van der Waals surface area contributed by atoms with Crippen LogP contribution < -0.4 is 16.7 Å². The number of benzene rings is 2. The molecule has 0 saturated carbocycles. The van der Waals surface area contributed by atoms with Crippen LogP contribution in [0.2, 0.25) is 5.02 Å². The first-order valence-corrected chi connectivity index (χ1v) is 13.7. The van der Waals surface area contributed by atoms with E-state index in [4.69, 9.17) is 31.5 Å². The van der Waals surface area contributed by atoms with Crippen molar-refractivity contribution in [2.75, 3.05) is 18.5 Å². The van der Waals surface area contributed by atoms with Gasteiger partial charge in [0.15, 0.2) is 18.5 Å². The van der Waals surface area contributed by atoms with Gasteiger partial charge in [-0.2, -0.15) is 4.98 Å². The van der Waals surface area contributed by atoms with Gasteiger partial charge < -0.3 is 30.0 Å². The number of nitrogens with zero attached hydrogens (tertiary/aromatic N) is 5. The summed E-state index contributed by atoms with van der Waals surface area (Å²) in [5, 5.41) is 6.47. The van der Waals surface area contributed by atoms with E-state index in [2.05, 4.69) is 25.1 Å². The highest BCUT2D eigenvalue weighted by Gasteiger charge is 2.60. The molecule has 1 amide bonds. The van der Waals surface area contributed by atoms with E-state index in [1.807, 2.05) is 0 Å². The molecule has 2 aromatic carbocycles. The topological polar surface area (TPSA) is 227 Å². The summed E-state index contributed by atoms with van der Waals surface area (Å²) in [7, 11) is 0. The number of ether oxygens (including phenoxy) is 4. The predicted molar refractivity (Wildman–Crippen MR) is 156 cm³/mol. The molecule has 240 valence electrons. The van der Waals surface area contributed by atoms with Gasteiger partial charge in [0.1, 0.15) is 19.0 Å². The number of primary amides is 1. The second kappa shape index (κ2) is 15.0. The highest BCUT2D eigenvalue weighted by molar-refractivity contribution is 6.30. The molecule has 16 nitrogen and oxygen atoms in total. The molecular formula is C28H25ClFN7O9. The number of anilines is 1. The second-order valence-electron chi connectivity index (χ2n) is 9.71. The van der Waals surface area contributed by atoms with Crippen molar-refractivity contribution < 1.29 is 42.5 Å². The number of aromatic nitrogens is 2. The van der Waals surface area contributed by atoms with E-state index < -0.39 is 60.4 Å². The quantitative estimate of drug-likeness (QED) is 0.0639. The van der Waals surface area contributed by atoms with Crippen molar-refractivity contribution in [3.8, 4) is 0 Å². The second-order valence-corrected chi connectivity index (χ2v) is 10.1. The molecule has 46 heavy (non-hydrogen) atoms. The van der Waals surface area contributed by atoms with E-state index in [1.165, 1.54) is 54.6 Å². The van der Waals surface area contributed by atoms with Gasteiger partial charge in [-0.1, -0.05) is 41.0 Å². The summed E-state index contributed by atoms with van der Waals surface area (Å²) in [6.07, 6.45) is -5.52. The highest BCUT2D eigenvalue weighted by atomic mass is 35.5. The largest absolute Gasteiger partial charge is 0.466 e. The van der Waals surface area contributed by atoms with Crippen LogP contribution in [0.3, 0.4) is 0 Å². The molecule has 3 N–H and O–H groups in total. The Morgan fingerprint density at radius 3 is 2.59 bits per heavy atom. The van der Waals surface area contributed by atoms with Crippen molar-refractivity contribution in [2.24, 2.45) is 10.8 Å². The lowest BCUT2D eigenvalue weighted by Crippen LogP contribution is -2.47. The number of carbonyl (C=O) groups excluding carboxylic acids is 4. The number of alkyl halides is 1. The van der Waals surface area contributed by atoms with Crippen LogP contribution in [0.4, 0.5) is 10.2 Å². The van der Waals surface area contributed by atoms with Crippen LogP contribution in [0, 0.1) is 0 Å². The molecule has 1 aliphatic rings. The van der Waals surface area contributed by atoms with Crippen molar-refractivity contribution in [3.63, 3.8) is 0 Å². The van der Waals surface area contributed by atoms with Crippen LogP contribution in [0.25, 0.3) is 10.4 Å². The molecule has 0 bridgehead atoms. The molecule has 4 rings (SSSR count). The first-order valence-electron chi connectivity index (χ1n) is 13.3. The predicted octanol–water partition coefficient (Wildman–Crippen LogP) is 2.68. The zero-order valence-corrected chi connectivity index (χ0v) is 24.4. The van der Waals surface area contributed by atoms with Gasteiger partial charge in [-0.15, -0.1) is 0 Å². The molecule has 0 aliphatic carbocycles. The van der Waals surface area contributed by atoms with Crippen LogP contribution in [0.1, 0.15) is 33.4 Å². The number of azide groups is 1.